The van der Waals surface area contributed by atoms with Crippen LogP contribution in [0.25, 0.3) is 0 Å². The second-order valence-electron chi connectivity index (χ2n) is 9.00. The molecule has 0 aromatic heterocycles. The first-order valence-electron chi connectivity index (χ1n) is 12.9. The first-order chi connectivity index (χ1) is 15.2. The van der Waals surface area contributed by atoms with E-state index in [9.17, 15) is 0 Å². The molecule has 0 unspecified atom stereocenters. The highest BCUT2D eigenvalue weighted by Crippen LogP contribution is 2.05. The Morgan fingerprint density at radius 1 is 0.355 bits per heavy atom. The minimum Gasteiger partial charge on any atom is -0.330 e. The average molecular weight is 443 g/mol. The number of nitrogens with zero attached hydrogens (tertiary/aromatic N) is 4. The molecule has 1 saturated heterocycles. The maximum Gasteiger partial charge on any atom is 0.0109 e. The van der Waals surface area contributed by atoms with Gasteiger partial charge in [-0.1, -0.05) is 0 Å². The molecule has 0 bridgehead atoms. The fourth-order valence-electron chi connectivity index (χ4n) is 4.44. The molecule has 0 atom stereocenters. The van der Waals surface area contributed by atoms with Gasteiger partial charge >= 0.3 is 0 Å². The molecule has 1 aliphatic heterocycles. The Morgan fingerprint density at radius 2 is 0.581 bits per heavy atom. The van der Waals surface area contributed by atoms with Crippen LogP contribution in [0.2, 0.25) is 0 Å². The van der Waals surface area contributed by atoms with Crippen molar-refractivity contribution in [2.75, 3.05) is 105 Å². The van der Waals surface area contributed by atoms with Crippen LogP contribution in [0.4, 0.5) is 0 Å². The zero-order valence-electron chi connectivity index (χ0n) is 20.4. The lowest BCUT2D eigenvalue weighted by Crippen LogP contribution is -2.39. The molecule has 0 aromatic rings. The summed E-state index contributed by atoms with van der Waals surface area (Å²) in [5, 5.41) is 0. The lowest BCUT2D eigenvalue weighted by molar-refractivity contribution is 0.186. The minimum absolute atomic E-state index is 0.772. The molecule has 0 aromatic carbocycles. The van der Waals surface area contributed by atoms with Gasteiger partial charge in [0, 0.05) is 13.1 Å². The topological polar surface area (TPSA) is 117 Å². The molecule has 1 rings (SSSR count). The summed E-state index contributed by atoms with van der Waals surface area (Å²) >= 11 is 0. The third-order valence-corrected chi connectivity index (χ3v) is 6.29. The van der Waals surface area contributed by atoms with Crippen LogP contribution in [0.15, 0.2) is 0 Å². The predicted molar refractivity (Wildman–Crippen MR) is 134 cm³/mol. The molecule has 0 saturated carbocycles. The third kappa shape index (κ3) is 15.2. The largest absolute Gasteiger partial charge is 0.330 e. The van der Waals surface area contributed by atoms with Crippen LogP contribution in [-0.4, -0.2) is 124 Å². The van der Waals surface area contributed by atoms with Crippen molar-refractivity contribution in [1.29, 1.82) is 0 Å². The number of nitrogens with two attached hydrogens (primary N) is 4. The molecule has 0 amide bonds. The molecule has 0 aliphatic carbocycles. The smallest absolute Gasteiger partial charge is 0.0109 e. The van der Waals surface area contributed by atoms with Crippen molar-refractivity contribution >= 4 is 0 Å². The maximum absolute atomic E-state index is 5.81. The normalized spacial score (nSPS) is 20.5. The van der Waals surface area contributed by atoms with Crippen molar-refractivity contribution in [3.8, 4) is 0 Å². The van der Waals surface area contributed by atoms with Crippen molar-refractivity contribution in [3.05, 3.63) is 0 Å². The molecule has 8 N–H and O–H groups in total. The Bertz CT molecular complexity index is 351. The summed E-state index contributed by atoms with van der Waals surface area (Å²) in [5.74, 6) is 0. The van der Waals surface area contributed by atoms with E-state index in [1.165, 1.54) is 45.4 Å². The lowest BCUT2D eigenvalue weighted by atomic mass is 10.2. The van der Waals surface area contributed by atoms with Gasteiger partial charge in [-0.2, -0.15) is 0 Å². The van der Waals surface area contributed by atoms with Crippen molar-refractivity contribution in [1.82, 2.24) is 19.6 Å². The highest BCUT2D eigenvalue weighted by Gasteiger charge is 2.13. The first-order valence-corrected chi connectivity index (χ1v) is 12.9. The van der Waals surface area contributed by atoms with Crippen LogP contribution in [-0.2, 0) is 0 Å². The van der Waals surface area contributed by atoms with E-state index in [1.807, 2.05) is 0 Å². The van der Waals surface area contributed by atoms with Crippen LogP contribution in [0.3, 0.4) is 0 Å². The van der Waals surface area contributed by atoms with E-state index in [-0.39, 0.29) is 0 Å². The van der Waals surface area contributed by atoms with E-state index in [0.717, 1.165) is 104 Å². The highest BCUT2D eigenvalue weighted by atomic mass is 15.2. The van der Waals surface area contributed by atoms with Crippen LogP contribution in [0, 0.1) is 0 Å². The van der Waals surface area contributed by atoms with Crippen LogP contribution in [0.5, 0.6) is 0 Å². The zero-order chi connectivity index (χ0) is 22.6. The molecule has 1 heterocycles. The highest BCUT2D eigenvalue weighted by molar-refractivity contribution is 4.70. The number of rotatable bonds is 12. The number of hydrogen-bond donors (Lipinski definition) is 4. The quantitative estimate of drug-likeness (QED) is 0.328. The molecular formula is C23H54N8. The molecule has 186 valence electrons. The molecule has 1 aliphatic rings. The molecule has 0 spiro atoms. The predicted octanol–water partition coefficient (Wildman–Crippen LogP) is -0.226. The van der Waals surface area contributed by atoms with Crippen molar-refractivity contribution in [2.24, 2.45) is 22.9 Å². The molecule has 0 radical (unpaired) electrons. The van der Waals surface area contributed by atoms with Crippen LogP contribution < -0.4 is 22.9 Å². The van der Waals surface area contributed by atoms with Crippen LogP contribution in [0.1, 0.15) is 44.9 Å². The summed E-state index contributed by atoms with van der Waals surface area (Å²) in [6, 6.07) is 0. The van der Waals surface area contributed by atoms with E-state index < -0.39 is 0 Å². The zero-order valence-corrected chi connectivity index (χ0v) is 20.4. The fourth-order valence-corrected chi connectivity index (χ4v) is 4.44. The molecule has 1 fully saturated rings. The second kappa shape index (κ2) is 20.3. The average Bonchev–Trinajstić information content (AvgIpc) is 2.79. The van der Waals surface area contributed by atoms with E-state index in [2.05, 4.69) is 19.6 Å². The van der Waals surface area contributed by atoms with Gasteiger partial charge in [0.05, 0.1) is 0 Å². The van der Waals surface area contributed by atoms with Gasteiger partial charge in [-0.25, -0.2) is 0 Å². The van der Waals surface area contributed by atoms with Gasteiger partial charge < -0.3 is 42.5 Å². The van der Waals surface area contributed by atoms with Crippen LogP contribution >= 0.6 is 0 Å². The third-order valence-electron chi connectivity index (χ3n) is 6.29. The standard InChI is InChI=1S/C23H54N8/c24-8-1-12-28-16-5-17-29(13-2-9-25)19-7-21-31(15-4-11-27)23-22-30(14-3-10-26)20-6-18-28/h1-27H2. The van der Waals surface area contributed by atoms with Crippen molar-refractivity contribution in [2.45, 2.75) is 44.9 Å². The Kier molecular flexibility index (Phi) is 18.8. The fraction of sp³-hybridized carbons (Fsp3) is 1.00. The SMILES string of the molecule is NCCCN1CCCN(CCCN)CCCN(CCCN)CCN(CCCN)CCC1. The van der Waals surface area contributed by atoms with E-state index >= 15 is 0 Å². The molecule has 8 nitrogen and oxygen atoms in total. The maximum atomic E-state index is 5.81. The second-order valence-corrected chi connectivity index (χ2v) is 9.00. The number of hydrogen-bond acceptors (Lipinski definition) is 8. The first kappa shape index (κ1) is 28.7. The van der Waals surface area contributed by atoms with E-state index in [1.54, 1.807) is 0 Å². The van der Waals surface area contributed by atoms with Crippen molar-refractivity contribution in [3.63, 3.8) is 0 Å². The Balaban J connectivity index is 2.74. The van der Waals surface area contributed by atoms with Gasteiger partial charge in [-0.05, 0) is 137 Å². The molecule has 31 heavy (non-hydrogen) atoms. The summed E-state index contributed by atoms with van der Waals surface area (Å²) < 4.78 is 0. The summed E-state index contributed by atoms with van der Waals surface area (Å²) in [4.78, 5) is 10.5. The Labute approximate surface area is 192 Å². The van der Waals surface area contributed by atoms with Gasteiger partial charge in [0.15, 0.2) is 0 Å². The van der Waals surface area contributed by atoms with E-state index in [4.69, 9.17) is 22.9 Å². The summed E-state index contributed by atoms with van der Waals surface area (Å²) in [5.41, 5.74) is 23.2. The van der Waals surface area contributed by atoms with Gasteiger partial charge in [-0.3, -0.25) is 0 Å². The molecule has 8 heteroatoms. The van der Waals surface area contributed by atoms with Gasteiger partial charge in [-0.15, -0.1) is 0 Å². The monoisotopic (exact) mass is 442 g/mol. The Morgan fingerprint density at radius 3 is 0.806 bits per heavy atom. The van der Waals surface area contributed by atoms with E-state index in [0.29, 0.717) is 0 Å². The summed E-state index contributed by atoms with van der Waals surface area (Å²) in [7, 11) is 0. The van der Waals surface area contributed by atoms with Crippen molar-refractivity contribution < 1.29 is 0 Å². The minimum atomic E-state index is 0.772. The van der Waals surface area contributed by atoms with Gasteiger partial charge in [0.25, 0.3) is 0 Å². The summed E-state index contributed by atoms with van der Waals surface area (Å²) in [6.07, 6.45) is 7.99. The summed E-state index contributed by atoms with van der Waals surface area (Å²) in [6.45, 7) is 16.8. The lowest BCUT2D eigenvalue weighted by Gasteiger charge is -2.29. The van der Waals surface area contributed by atoms with Gasteiger partial charge in [0.1, 0.15) is 0 Å². The molecular weight excluding hydrogens is 388 g/mol. The Hall–Kier alpha value is -0.320. The van der Waals surface area contributed by atoms with Gasteiger partial charge in [0.2, 0.25) is 0 Å².